The first-order chi connectivity index (χ1) is 21.9. The van der Waals surface area contributed by atoms with Crippen LogP contribution in [0.3, 0.4) is 0 Å². The number of nitrogens with zero attached hydrogens (tertiary/aromatic N) is 2. The number of nitrogens with one attached hydrogen (secondary N) is 2. The van der Waals surface area contributed by atoms with E-state index in [1.165, 1.54) is 24.3 Å². The van der Waals surface area contributed by atoms with Gasteiger partial charge in [-0.3, -0.25) is 20.4 Å². The second-order valence-corrected chi connectivity index (χ2v) is 12.7. The molecule has 0 unspecified atom stereocenters. The number of hydrogen-bond donors (Lipinski definition) is 2. The summed E-state index contributed by atoms with van der Waals surface area (Å²) in [7, 11) is -10.5. The molecule has 6 rings (SSSR count). The number of hydrazone groups is 2. The Morgan fingerprint density at radius 3 is 1.25 bits per heavy atom. The standard InChI is InChI=1S/C32H22N4O8S2.2Na/c37-27-15-9-19-5-1-3-7-23(19)31(27)35-33-21-11-13-25(29(17-21)45(39,40)41)26-14-12-22(18-30(26)46(42,43)44)34-36-32-24-8-4-2-6-20(24)10-16-28(32)38;;/h1-18,33-34H,(H,39,40,41)(H,42,43,44);;/q;2*+1/p-2/b35-31-,36-32-;;. The molecule has 48 heavy (non-hydrogen) atoms. The molecule has 16 heteroatoms. The maximum Gasteiger partial charge on any atom is 1.00 e. The summed E-state index contributed by atoms with van der Waals surface area (Å²) >= 11 is 0. The first kappa shape index (κ1) is 37.3. The number of rotatable bonds is 7. The van der Waals surface area contributed by atoms with Gasteiger partial charge in [0.15, 0.2) is 0 Å². The van der Waals surface area contributed by atoms with E-state index in [1.54, 1.807) is 60.7 Å². The van der Waals surface area contributed by atoms with Crippen molar-refractivity contribution in [2.24, 2.45) is 10.2 Å². The van der Waals surface area contributed by atoms with Gasteiger partial charge in [0.2, 0.25) is 11.6 Å². The zero-order valence-electron chi connectivity index (χ0n) is 25.4. The Morgan fingerprint density at radius 1 is 0.500 bits per heavy atom. The van der Waals surface area contributed by atoms with Gasteiger partial charge < -0.3 is 9.11 Å². The third kappa shape index (κ3) is 7.84. The fourth-order valence-corrected chi connectivity index (χ4v) is 6.42. The average Bonchev–Trinajstić information content (AvgIpc) is 3.03. The van der Waals surface area contributed by atoms with Crippen molar-refractivity contribution in [2.45, 2.75) is 9.79 Å². The molecule has 0 amide bonds. The number of benzene rings is 4. The summed E-state index contributed by atoms with van der Waals surface area (Å²) in [5.41, 5.74) is 7.10. The van der Waals surface area contributed by atoms with Crippen molar-refractivity contribution in [1.29, 1.82) is 0 Å². The Labute approximate surface area is 319 Å². The van der Waals surface area contributed by atoms with Crippen LogP contribution in [-0.4, -0.2) is 48.9 Å². The molecule has 4 aromatic rings. The van der Waals surface area contributed by atoms with Crippen molar-refractivity contribution in [3.8, 4) is 11.1 Å². The molecule has 2 aliphatic carbocycles. The molecule has 0 aliphatic heterocycles. The predicted octanol–water partition coefficient (Wildman–Crippen LogP) is -2.01. The Morgan fingerprint density at radius 2 is 0.875 bits per heavy atom. The van der Waals surface area contributed by atoms with Gasteiger partial charge in [0.1, 0.15) is 31.7 Å². The van der Waals surface area contributed by atoms with Crippen LogP contribution in [0.15, 0.2) is 117 Å². The normalized spacial score (nSPS) is 15.3. The minimum absolute atomic E-state index is 0. The summed E-state index contributed by atoms with van der Waals surface area (Å²) in [4.78, 5) is 23.3. The number of ketones is 2. The summed E-state index contributed by atoms with van der Waals surface area (Å²) in [6, 6.07) is 20.7. The quantitative estimate of drug-likeness (QED) is 0.124. The van der Waals surface area contributed by atoms with E-state index in [4.69, 9.17) is 0 Å². The number of carbonyl (C=O) groups is 2. The van der Waals surface area contributed by atoms with Crippen LogP contribution >= 0.6 is 0 Å². The number of allylic oxidation sites excluding steroid dienone is 2. The molecule has 0 radical (unpaired) electrons. The molecule has 0 spiro atoms. The van der Waals surface area contributed by atoms with Crippen LogP contribution in [0.4, 0.5) is 11.4 Å². The third-order valence-corrected chi connectivity index (χ3v) is 8.87. The molecule has 0 aromatic heterocycles. The zero-order chi connectivity index (χ0) is 32.6. The van der Waals surface area contributed by atoms with Crippen molar-refractivity contribution in [3.05, 3.63) is 119 Å². The summed E-state index contributed by atoms with van der Waals surface area (Å²) in [6.45, 7) is 0. The van der Waals surface area contributed by atoms with Gasteiger partial charge in [-0.1, -0.05) is 72.8 Å². The van der Waals surface area contributed by atoms with Crippen LogP contribution in [0, 0.1) is 0 Å². The minimum atomic E-state index is -5.23. The topological polar surface area (TPSA) is 197 Å². The van der Waals surface area contributed by atoms with E-state index in [9.17, 15) is 35.5 Å². The first-order valence-electron chi connectivity index (χ1n) is 13.4. The van der Waals surface area contributed by atoms with Crippen molar-refractivity contribution in [1.82, 2.24) is 0 Å². The molecule has 0 atom stereocenters. The molecule has 12 nitrogen and oxygen atoms in total. The molecule has 4 aromatic carbocycles. The monoisotopic (exact) mass is 698 g/mol. The Hall–Kier alpha value is -3.54. The van der Waals surface area contributed by atoms with Crippen LogP contribution in [0.2, 0.25) is 0 Å². The molecule has 230 valence electrons. The van der Waals surface area contributed by atoms with Gasteiger partial charge in [0.05, 0.1) is 21.2 Å². The van der Waals surface area contributed by atoms with Crippen LogP contribution in [-0.2, 0) is 29.8 Å². The van der Waals surface area contributed by atoms with Crippen molar-refractivity contribution >= 4 is 66.8 Å². The minimum Gasteiger partial charge on any atom is -0.744 e. The van der Waals surface area contributed by atoms with E-state index in [-0.39, 0.29) is 93.0 Å². The van der Waals surface area contributed by atoms with Gasteiger partial charge >= 0.3 is 59.1 Å². The van der Waals surface area contributed by atoms with E-state index in [0.717, 1.165) is 35.4 Å². The first-order valence-corrected chi connectivity index (χ1v) is 16.2. The smallest absolute Gasteiger partial charge is 0.744 e. The second kappa shape index (κ2) is 14.9. The van der Waals surface area contributed by atoms with E-state index < -0.39 is 41.6 Å². The van der Waals surface area contributed by atoms with Crippen LogP contribution in [0.5, 0.6) is 0 Å². The van der Waals surface area contributed by atoms with Crippen LogP contribution in [0.25, 0.3) is 23.3 Å². The van der Waals surface area contributed by atoms with Gasteiger partial charge in [-0.15, -0.1) is 0 Å². The number of fused-ring (bicyclic) bond motifs is 2. The van der Waals surface area contributed by atoms with E-state index >= 15 is 0 Å². The average molecular weight is 699 g/mol. The Bertz CT molecular complexity index is 2160. The molecule has 2 N–H and O–H groups in total. The maximum absolute atomic E-state index is 12.5. The fraction of sp³-hybridized carbons (Fsp3) is 0. The summed E-state index contributed by atoms with van der Waals surface area (Å²) in [5.74, 6) is -0.811. The summed E-state index contributed by atoms with van der Waals surface area (Å²) < 4.78 is 74.2. The molecule has 2 aliphatic rings. The number of carbonyl (C=O) groups excluding carboxylic acids is 2. The largest absolute Gasteiger partial charge is 1.00 e. The Balaban J connectivity index is 0.00000260. The fourth-order valence-electron chi connectivity index (χ4n) is 4.98. The van der Waals surface area contributed by atoms with E-state index in [1.807, 2.05) is 0 Å². The van der Waals surface area contributed by atoms with E-state index in [0.29, 0.717) is 11.1 Å². The van der Waals surface area contributed by atoms with Gasteiger partial charge in [-0.2, -0.15) is 10.2 Å². The van der Waals surface area contributed by atoms with Crippen molar-refractivity contribution < 1.29 is 94.6 Å². The van der Waals surface area contributed by atoms with Crippen LogP contribution < -0.4 is 70.0 Å². The summed E-state index contributed by atoms with van der Waals surface area (Å²) in [6.07, 6.45) is 5.93. The molecular formula is C32H20N4Na2O8S2. The van der Waals surface area contributed by atoms with Gasteiger partial charge in [0, 0.05) is 22.3 Å². The predicted molar refractivity (Wildman–Crippen MR) is 169 cm³/mol. The number of anilines is 2. The maximum atomic E-state index is 12.5. The molecule has 0 saturated carbocycles. The molecular weight excluding hydrogens is 678 g/mol. The van der Waals surface area contributed by atoms with Crippen molar-refractivity contribution in [3.63, 3.8) is 0 Å². The molecule has 0 saturated heterocycles. The number of hydrogen-bond acceptors (Lipinski definition) is 12. The Kier molecular flexibility index (Phi) is 11.6. The summed E-state index contributed by atoms with van der Waals surface area (Å²) in [5, 5.41) is 8.24. The van der Waals surface area contributed by atoms with Gasteiger partial charge in [0.25, 0.3) is 0 Å². The zero-order valence-corrected chi connectivity index (χ0v) is 31.0. The molecule has 0 bridgehead atoms. The van der Waals surface area contributed by atoms with Crippen LogP contribution in [0.1, 0.15) is 22.3 Å². The van der Waals surface area contributed by atoms with E-state index in [2.05, 4.69) is 21.1 Å². The third-order valence-electron chi connectivity index (χ3n) is 7.11. The van der Waals surface area contributed by atoms with Crippen molar-refractivity contribution in [2.75, 3.05) is 10.9 Å². The second-order valence-electron chi connectivity index (χ2n) is 10.0. The van der Waals surface area contributed by atoms with Gasteiger partial charge in [-0.25, -0.2) is 16.8 Å². The molecule has 0 fully saturated rings. The molecule has 0 heterocycles. The van der Waals surface area contributed by atoms with Gasteiger partial charge in [-0.05, 0) is 47.5 Å². The SMILES string of the molecule is O=C1C=Cc2ccccc2/C1=N/Nc1ccc(-c2ccc(N/N=C3\C(=O)C=Cc4ccccc43)cc2S(=O)(=O)[O-])c(S(=O)(=O)[O-])c1.[Na+].[Na+].